The standard InChI is InChI=1S/C25H26N2O2S2/c1-17(21-9-4-7-13-27-21)14-18-15-20-23(16-24(18)31(26,28)29)30-22-10-3-2-8-19(22)25(20)11-5-6-12-25/h2-4,7-10,13,15-17H,5-6,11-12,14H2,1H3,(H2,26,28,29). The molecule has 1 atom stereocenters. The average molecular weight is 451 g/mol. The number of nitrogens with two attached hydrogens (primary N) is 1. The third kappa shape index (κ3) is 3.60. The molecule has 2 aliphatic rings. The number of hydrogen-bond acceptors (Lipinski definition) is 4. The Balaban J connectivity index is 1.67. The Kier molecular flexibility index (Phi) is 5.19. The maximum atomic E-state index is 12.6. The third-order valence-corrected chi connectivity index (χ3v) is 8.91. The second kappa shape index (κ2) is 7.76. The molecule has 1 aliphatic carbocycles. The summed E-state index contributed by atoms with van der Waals surface area (Å²) in [6, 6.07) is 18.4. The van der Waals surface area contributed by atoms with Crippen molar-refractivity contribution in [3.05, 3.63) is 83.2 Å². The average Bonchev–Trinajstić information content (AvgIpc) is 3.24. The molecule has 1 aromatic heterocycles. The quantitative estimate of drug-likeness (QED) is 0.578. The fourth-order valence-electron chi connectivity index (χ4n) is 5.32. The van der Waals surface area contributed by atoms with E-state index in [1.165, 1.54) is 28.9 Å². The lowest BCUT2D eigenvalue weighted by Gasteiger charge is -2.38. The van der Waals surface area contributed by atoms with E-state index in [0.29, 0.717) is 6.42 Å². The van der Waals surface area contributed by atoms with Gasteiger partial charge < -0.3 is 0 Å². The minimum atomic E-state index is -3.84. The van der Waals surface area contributed by atoms with Crippen LogP contribution in [0.15, 0.2) is 75.5 Å². The summed E-state index contributed by atoms with van der Waals surface area (Å²) in [6.07, 6.45) is 6.94. The van der Waals surface area contributed by atoms with Gasteiger partial charge in [0.25, 0.3) is 0 Å². The van der Waals surface area contributed by atoms with E-state index in [1.54, 1.807) is 18.0 Å². The summed E-state index contributed by atoms with van der Waals surface area (Å²) in [5.74, 6) is 0.0859. The smallest absolute Gasteiger partial charge is 0.238 e. The number of fused-ring (bicyclic) bond motifs is 4. The minimum absolute atomic E-state index is 0.0307. The van der Waals surface area contributed by atoms with Crippen molar-refractivity contribution >= 4 is 21.8 Å². The molecule has 0 saturated heterocycles. The normalized spacial score (nSPS) is 17.9. The molecule has 2 N–H and O–H groups in total. The van der Waals surface area contributed by atoms with Crippen LogP contribution < -0.4 is 5.14 Å². The second-order valence-corrected chi connectivity index (χ2v) is 11.4. The molecule has 5 rings (SSSR count). The van der Waals surface area contributed by atoms with Crippen molar-refractivity contribution in [2.45, 2.75) is 65.0 Å². The van der Waals surface area contributed by atoms with Crippen molar-refractivity contribution in [3.8, 4) is 0 Å². The molecule has 1 spiro atoms. The van der Waals surface area contributed by atoms with Gasteiger partial charge in [0.2, 0.25) is 10.0 Å². The van der Waals surface area contributed by atoms with Gasteiger partial charge in [0.1, 0.15) is 0 Å². The van der Waals surface area contributed by atoms with Crippen LogP contribution in [0.25, 0.3) is 0 Å². The first-order chi connectivity index (χ1) is 14.9. The fraction of sp³-hybridized carbons (Fsp3) is 0.320. The van der Waals surface area contributed by atoms with Gasteiger partial charge in [-0.05, 0) is 60.2 Å². The molecule has 0 radical (unpaired) electrons. The highest BCUT2D eigenvalue weighted by Crippen LogP contribution is 2.57. The van der Waals surface area contributed by atoms with Crippen molar-refractivity contribution in [1.29, 1.82) is 0 Å². The summed E-state index contributed by atoms with van der Waals surface area (Å²) in [6.45, 7) is 2.09. The predicted octanol–water partition coefficient (Wildman–Crippen LogP) is 5.40. The van der Waals surface area contributed by atoms with Crippen molar-refractivity contribution in [2.24, 2.45) is 5.14 Å². The Hall–Kier alpha value is -2.15. The zero-order valence-corrected chi connectivity index (χ0v) is 19.2. The Labute approximate surface area is 188 Å². The molecule has 0 amide bonds. The van der Waals surface area contributed by atoms with Crippen molar-refractivity contribution in [1.82, 2.24) is 4.98 Å². The van der Waals surface area contributed by atoms with Crippen LogP contribution in [0.2, 0.25) is 0 Å². The summed E-state index contributed by atoms with van der Waals surface area (Å²) in [4.78, 5) is 6.97. The van der Waals surface area contributed by atoms with Crippen molar-refractivity contribution in [3.63, 3.8) is 0 Å². The van der Waals surface area contributed by atoms with Crippen molar-refractivity contribution < 1.29 is 8.42 Å². The molecular formula is C25H26N2O2S2. The van der Waals surface area contributed by atoms with Gasteiger partial charge in [-0.3, -0.25) is 4.98 Å². The monoisotopic (exact) mass is 450 g/mol. The SMILES string of the molecule is CC(Cc1cc2c(cc1S(N)(=O)=O)Sc1ccccc1C21CCCC1)c1ccccn1. The molecule has 6 heteroatoms. The number of primary sulfonamides is 1. The van der Waals surface area contributed by atoms with Crippen LogP contribution in [0.3, 0.4) is 0 Å². The number of pyridine rings is 1. The summed E-state index contributed by atoms with van der Waals surface area (Å²) >= 11 is 1.67. The maximum absolute atomic E-state index is 12.6. The van der Waals surface area contributed by atoms with Gasteiger partial charge in [-0.2, -0.15) is 0 Å². The lowest BCUT2D eigenvalue weighted by molar-refractivity contribution is 0.508. The summed E-state index contributed by atoms with van der Waals surface area (Å²) in [5.41, 5.74) is 4.37. The number of benzene rings is 2. The van der Waals surface area contributed by atoms with Gasteiger partial charge in [0.15, 0.2) is 0 Å². The van der Waals surface area contributed by atoms with Crippen LogP contribution in [0.5, 0.6) is 0 Å². The van der Waals surface area contributed by atoms with Crippen LogP contribution in [0.4, 0.5) is 0 Å². The van der Waals surface area contributed by atoms with Crippen LogP contribution >= 0.6 is 11.8 Å². The third-order valence-electron chi connectivity index (χ3n) is 6.78. The number of sulfonamides is 1. The van der Waals surface area contributed by atoms with E-state index in [0.717, 1.165) is 29.0 Å². The first-order valence-corrected chi connectivity index (χ1v) is 13.1. The highest BCUT2D eigenvalue weighted by molar-refractivity contribution is 7.99. The molecule has 31 heavy (non-hydrogen) atoms. The molecule has 160 valence electrons. The topological polar surface area (TPSA) is 73.1 Å². The van der Waals surface area contributed by atoms with Gasteiger partial charge in [-0.1, -0.05) is 61.9 Å². The lowest BCUT2D eigenvalue weighted by Crippen LogP contribution is -2.29. The summed E-state index contributed by atoms with van der Waals surface area (Å²) < 4.78 is 25.1. The molecule has 1 fully saturated rings. The Bertz CT molecular complexity index is 1230. The van der Waals surface area contributed by atoms with Gasteiger partial charge in [-0.25, -0.2) is 13.6 Å². The van der Waals surface area contributed by atoms with E-state index in [9.17, 15) is 8.42 Å². The van der Waals surface area contributed by atoms with Crippen molar-refractivity contribution in [2.75, 3.05) is 0 Å². The first-order valence-electron chi connectivity index (χ1n) is 10.8. The van der Waals surface area contributed by atoms with Gasteiger partial charge in [-0.15, -0.1) is 0 Å². The highest BCUT2D eigenvalue weighted by Gasteiger charge is 2.43. The Morgan fingerprint density at radius 2 is 1.77 bits per heavy atom. The summed E-state index contributed by atoms with van der Waals surface area (Å²) in [7, 11) is -3.84. The fourth-order valence-corrected chi connectivity index (χ4v) is 7.48. The second-order valence-electron chi connectivity index (χ2n) is 8.75. The predicted molar refractivity (Wildman–Crippen MR) is 124 cm³/mol. The number of aromatic nitrogens is 1. The molecule has 1 aliphatic heterocycles. The molecule has 0 bridgehead atoms. The minimum Gasteiger partial charge on any atom is -0.261 e. The molecule has 1 saturated carbocycles. The molecular weight excluding hydrogens is 424 g/mol. The number of rotatable bonds is 4. The van der Waals surface area contributed by atoms with E-state index in [4.69, 9.17) is 5.14 Å². The largest absolute Gasteiger partial charge is 0.261 e. The molecule has 4 nitrogen and oxygen atoms in total. The lowest BCUT2D eigenvalue weighted by atomic mass is 9.72. The van der Waals surface area contributed by atoms with Gasteiger partial charge in [0, 0.05) is 33.0 Å². The van der Waals surface area contributed by atoms with E-state index >= 15 is 0 Å². The zero-order valence-electron chi connectivity index (χ0n) is 17.5. The van der Waals surface area contributed by atoms with Gasteiger partial charge >= 0.3 is 0 Å². The maximum Gasteiger partial charge on any atom is 0.238 e. The van der Waals surface area contributed by atoms with E-state index < -0.39 is 10.0 Å². The Morgan fingerprint density at radius 3 is 2.48 bits per heavy atom. The Morgan fingerprint density at radius 1 is 1.03 bits per heavy atom. The first kappa shape index (κ1) is 20.7. The zero-order chi connectivity index (χ0) is 21.6. The van der Waals surface area contributed by atoms with Crippen LogP contribution in [0.1, 0.15) is 60.9 Å². The molecule has 2 heterocycles. The number of hydrogen-bond donors (Lipinski definition) is 1. The van der Waals surface area contributed by atoms with Crippen LogP contribution in [0, 0.1) is 0 Å². The molecule has 2 aromatic carbocycles. The van der Waals surface area contributed by atoms with Crippen LogP contribution in [-0.2, 0) is 21.9 Å². The molecule has 3 aromatic rings. The summed E-state index contributed by atoms with van der Waals surface area (Å²) in [5, 5.41) is 5.69. The van der Waals surface area contributed by atoms with Crippen LogP contribution in [-0.4, -0.2) is 13.4 Å². The van der Waals surface area contributed by atoms with Gasteiger partial charge in [0.05, 0.1) is 4.90 Å². The highest BCUT2D eigenvalue weighted by atomic mass is 32.2. The van der Waals surface area contributed by atoms with E-state index in [-0.39, 0.29) is 16.2 Å². The number of nitrogens with zero attached hydrogens (tertiary/aromatic N) is 1. The molecule has 1 unspecified atom stereocenters. The van der Waals surface area contributed by atoms with E-state index in [2.05, 4.69) is 42.2 Å². The van der Waals surface area contributed by atoms with E-state index in [1.807, 2.05) is 24.3 Å².